The van der Waals surface area contributed by atoms with E-state index in [-0.39, 0.29) is 32.7 Å². The predicted molar refractivity (Wildman–Crippen MR) is 157 cm³/mol. The molecule has 0 saturated carbocycles. The molecule has 2 aromatic carbocycles. The average Bonchev–Trinajstić information content (AvgIpc) is 2.88. The monoisotopic (exact) mass is 701 g/mol. The van der Waals surface area contributed by atoms with Gasteiger partial charge in [-0.2, -0.15) is 18.7 Å². The first kappa shape index (κ1) is 32.8. The smallest absolute Gasteiger partial charge is 0.699 e. The summed E-state index contributed by atoms with van der Waals surface area (Å²) in [5.41, 5.74) is 13.3. The Bertz CT molecular complexity index is 1310. The number of pyridine rings is 1. The van der Waals surface area contributed by atoms with Gasteiger partial charge in [0.25, 0.3) is 0 Å². The molecule has 0 aliphatic heterocycles. The average molecular weight is 702 g/mol. The van der Waals surface area contributed by atoms with Crippen molar-refractivity contribution in [3.8, 4) is 16.9 Å². The van der Waals surface area contributed by atoms with E-state index in [0.717, 1.165) is 33.7 Å². The van der Waals surface area contributed by atoms with Crippen molar-refractivity contribution >= 4 is 23.4 Å². The largest absolute Gasteiger partial charge is 2.00 e. The van der Waals surface area contributed by atoms with Gasteiger partial charge in [-0.15, -0.1) is 16.8 Å². The molecular weight excluding hydrogens is 666 g/mol. The van der Waals surface area contributed by atoms with E-state index >= 15 is 0 Å². The molecule has 0 fully saturated rings. The van der Waals surface area contributed by atoms with E-state index in [1.807, 2.05) is 75.7 Å². The van der Waals surface area contributed by atoms with Crippen molar-refractivity contribution < 1.29 is 25.8 Å². The topological polar surface area (TPSA) is 104 Å². The summed E-state index contributed by atoms with van der Waals surface area (Å²) in [4.78, 5) is 22.1. The third kappa shape index (κ3) is 10.3. The quantitative estimate of drug-likeness (QED) is 0.214. The Kier molecular flexibility index (Phi) is 14.3. The van der Waals surface area contributed by atoms with Crippen LogP contribution < -0.4 is 15.6 Å². The maximum absolute atomic E-state index is 10.9. The van der Waals surface area contributed by atoms with Gasteiger partial charge in [0.15, 0.2) is 0 Å². The minimum Gasteiger partial charge on any atom is -0.699 e. The normalized spacial score (nSPS) is 10.5. The zero-order valence-corrected chi connectivity index (χ0v) is 26.4. The van der Waals surface area contributed by atoms with E-state index in [2.05, 4.69) is 27.2 Å². The first-order chi connectivity index (χ1) is 17.7. The molecule has 1 atom stereocenters. The van der Waals surface area contributed by atoms with E-state index in [1.54, 1.807) is 43.3 Å². The van der Waals surface area contributed by atoms with Crippen molar-refractivity contribution in [2.24, 2.45) is 0 Å². The first-order valence-corrected chi connectivity index (χ1v) is 13.3. The summed E-state index contributed by atoms with van der Waals surface area (Å²) < 4.78 is 6.03. The van der Waals surface area contributed by atoms with Gasteiger partial charge in [-0.1, -0.05) is 49.4 Å². The molecule has 2 aromatic heterocycles. The van der Waals surface area contributed by atoms with E-state index in [4.69, 9.17) is 10.5 Å². The minimum atomic E-state index is -0.0937. The summed E-state index contributed by atoms with van der Waals surface area (Å²) in [6, 6.07) is 17.2. The number of ether oxygens (including phenoxy) is 1. The van der Waals surface area contributed by atoms with E-state index in [0.29, 0.717) is 17.2 Å². The zero-order valence-electron chi connectivity index (χ0n) is 22.7. The van der Waals surface area contributed by atoms with Crippen molar-refractivity contribution in [1.82, 2.24) is 15.0 Å². The number of aromatic nitrogens is 3. The van der Waals surface area contributed by atoms with Crippen molar-refractivity contribution in [2.45, 2.75) is 26.9 Å². The molecule has 0 radical (unpaired) electrons. The number of hydrogen-bond donors (Lipinski definition) is 2. The molecule has 4 rings (SSSR count). The van der Waals surface area contributed by atoms with Crippen LogP contribution in [-0.4, -0.2) is 34.5 Å². The molecule has 7 nitrogen and oxygen atoms in total. The van der Waals surface area contributed by atoms with Gasteiger partial charge in [0.05, 0.1) is 0 Å². The Morgan fingerprint density at radius 3 is 2.18 bits per heavy atom. The van der Waals surface area contributed by atoms with E-state index in [1.165, 1.54) is 0 Å². The molecule has 0 saturated heterocycles. The van der Waals surface area contributed by atoms with Crippen molar-refractivity contribution in [1.29, 1.82) is 0 Å². The third-order valence-electron chi connectivity index (χ3n) is 5.23. The second kappa shape index (κ2) is 16.6. The summed E-state index contributed by atoms with van der Waals surface area (Å²) in [5, 5.41) is 2.90. The van der Waals surface area contributed by atoms with Crippen molar-refractivity contribution in [3.05, 3.63) is 112 Å². The van der Waals surface area contributed by atoms with Crippen LogP contribution in [0.1, 0.15) is 35.4 Å². The molecule has 38 heavy (non-hydrogen) atoms. The van der Waals surface area contributed by atoms with Crippen molar-refractivity contribution in [3.63, 3.8) is 0 Å². The van der Waals surface area contributed by atoms with Crippen LogP contribution in [-0.2, 0) is 21.1 Å². The molecule has 0 amide bonds. The number of anilines is 1. The number of benzene rings is 2. The fourth-order valence-corrected chi connectivity index (χ4v) is 3.26. The summed E-state index contributed by atoms with van der Waals surface area (Å²) >= 11 is 1.75. The maximum Gasteiger partial charge on any atom is 2.00 e. The molecule has 0 spiro atoms. The number of nitrogens with one attached hydrogen (secondary N) is 3. The molecule has 0 aliphatic rings. The zero-order chi connectivity index (χ0) is 27.4. The van der Waals surface area contributed by atoms with Crippen LogP contribution in [0.15, 0.2) is 71.8 Å². The molecule has 2 heterocycles. The Labute approximate surface area is 244 Å². The van der Waals surface area contributed by atoms with Crippen LogP contribution in [0.2, 0.25) is 0 Å². The molecule has 3 N–H and O–H groups in total. The molecule has 200 valence electrons. The molecule has 9 heteroatoms. The number of aryl methyl sites for hydroxylation is 2. The molecule has 4 aromatic rings. The first-order valence-electron chi connectivity index (χ1n) is 11.7. The fourth-order valence-electron chi connectivity index (χ4n) is 3.26. The number of aromatic amines is 1. The summed E-state index contributed by atoms with van der Waals surface area (Å²) in [5.74, 6) is 1.38. The van der Waals surface area contributed by atoms with Crippen molar-refractivity contribution in [2.75, 3.05) is 24.9 Å². The number of rotatable bonds is 5. The van der Waals surface area contributed by atoms with Crippen LogP contribution in [0.4, 0.5) is 11.6 Å². The van der Waals surface area contributed by atoms with Gasteiger partial charge in [-0.3, -0.25) is 0 Å². The van der Waals surface area contributed by atoms with Gasteiger partial charge in [0.2, 0.25) is 5.95 Å². The molecule has 0 aliphatic carbocycles. The third-order valence-corrected chi connectivity index (χ3v) is 5.23. The molecule has 0 unspecified atom stereocenters. The standard InChI is InChI=1S/C19H19N4O.C8H10NO.C2H6S.W/c1-13(14-6-8-17(20)9-7-14)24-18-5-3-4-15(10-18)16-11-22-19(21-2)23-12-16;1-5-4-6(2)9-8(10)7(5)3;1-3-2;/h3-13,20H,1-2H3,(H,21,22,23);4H,3H2,1-2H3,(H,9,10);1-2H3;/q2*-1;;+2/t13-;;;/m0.../s1. The Morgan fingerprint density at radius 1 is 1.03 bits per heavy atom. The predicted octanol–water partition coefficient (Wildman–Crippen LogP) is 7.16. The van der Waals surface area contributed by atoms with Crippen LogP contribution in [0.25, 0.3) is 16.9 Å². The summed E-state index contributed by atoms with van der Waals surface area (Å²) in [6.45, 7) is 9.35. The van der Waals surface area contributed by atoms with Gasteiger partial charge in [-0.25, -0.2) is 9.97 Å². The van der Waals surface area contributed by atoms with E-state index < -0.39 is 0 Å². The van der Waals surface area contributed by atoms with Crippen LogP contribution in [0.5, 0.6) is 5.75 Å². The second-order valence-corrected chi connectivity index (χ2v) is 9.12. The van der Waals surface area contributed by atoms with Gasteiger partial charge in [0.1, 0.15) is 17.4 Å². The maximum atomic E-state index is 10.9. The summed E-state index contributed by atoms with van der Waals surface area (Å²) in [6.07, 6.45) is 7.56. The minimum absolute atomic E-state index is 0. The van der Waals surface area contributed by atoms with Crippen LogP contribution in [0.3, 0.4) is 0 Å². The fraction of sp³-hybridized carbons (Fsp3) is 0.241. The second-order valence-electron chi connectivity index (χ2n) is 8.31. The summed E-state index contributed by atoms with van der Waals surface area (Å²) in [7, 11) is 1.79. The SMILES string of the molecule is CNc1ncc(-c2cccc(O[C@@H](C)c3ccc([NH-])cc3)c2)cn1.CSC.[CH2-]c1c(C)cc(C)[nH]c1=O.[W+2]. The number of H-pyrrole nitrogens is 1. The Hall–Kier alpha value is -3.22. The molecule has 0 bridgehead atoms. The van der Waals surface area contributed by atoms with Gasteiger partial charge >= 0.3 is 21.1 Å². The number of thioether (sulfide) groups is 1. The number of hydrogen-bond acceptors (Lipinski definition) is 6. The number of nitrogens with zero attached hydrogens (tertiary/aromatic N) is 2. The Morgan fingerprint density at radius 2 is 1.63 bits per heavy atom. The van der Waals surface area contributed by atoms with E-state index in [9.17, 15) is 4.79 Å². The van der Waals surface area contributed by atoms with Crippen LogP contribution >= 0.6 is 11.8 Å². The van der Waals surface area contributed by atoms with Crippen LogP contribution in [0, 0.1) is 20.8 Å². The van der Waals surface area contributed by atoms with Gasteiger partial charge in [0, 0.05) is 25.0 Å². The molecular formula is C29H35N5O2SW. The Balaban J connectivity index is 0.000000432. The van der Waals surface area contributed by atoms with Gasteiger partial charge in [-0.05, 0) is 55.3 Å². The van der Waals surface area contributed by atoms with Gasteiger partial charge < -0.3 is 25.6 Å².